The van der Waals surface area contributed by atoms with Crippen molar-refractivity contribution in [3.8, 4) is 0 Å². The Morgan fingerprint density at radius 2 is 0.393 bits per heavy atom. The van der Waals surface area contributed by atoms with Gasteiger partial charge in [-0.3, -0.25) is 0 Å². The highest BCUT2D eigenvalue weighted by Crippen LogP contribution is 2.70. The van der Waals surface area contributed by atoms with Gasteiger partial charge in [-0.2, -0.15) is 0 Å². The molecule has 0 aromatic heterocycles. The molecule has 9 rings (SSSR count). The highest BCUT2D eigenvalue weighted by atomic mass is 14.6. The van der Waals surface area contributed by atoms with Gasteiger partial charge < -0.3 is 0 Å². The van der Waals surface area contributed by atoms with E-state index in [-0.39, 0.29) is 0 Å². The summed E-state index contributed by atoms with van der Waals surface area (Å²) >= 11 is 0. The second-order valence-corrected chi connectivity index (χ2v) is 12.1. The van der Waals surface area contributed by atoms with Crippen molar-refractivity contribution in [3.05, 3.63) is 44.6 Å². The molecule has 0 amide bonds. The molecule has 4 fully saturated rings. The molecule has 0 spiro atoms. The molecule has 0 aliphatic heterocycles. The summed E-state index contributed by atoms with van der Waals surface area (Å²) in [6, 6.07) is 0. The molecule has 9 aliphatic rings. The molecule has 0 saturated heterocycles. The van der Waals surface area contributed by atoms with Gasteiger partial charge in [0.15, 0.2) is 0 Å². The summed E-state index contributed by atoms with van der Waals surface area (Å²) in [5.41, 5.74) is 16.1. The van der Waals surface area contributed by atoms with Crippen LogP contribution in [0.4, 0.5) is 0 Å². The molecular formula is C28H32. The van der Waals surface area contributed by atoms with Crippen LogP contribution < -0.4 is 0 Å². The number of allylic oxidation sites excluding steroid dienone is 8. The van der Waals surface area contributed by atoms with Gasteiger partial charge in [-0.25, -0.2) is 0 Å². The van der Waals surface area contributed by atoms with Crippen LogP contribution in [0.2, 0.25) is 0 Å². The Kier molecular flexibility index (Phi) is 2.47. The van der Waals surface area contributed by atoms with Gasteiger partial charge in [0.05, 0.1) is 0 Å². The van der Waals surface area contributed by atoms with E-state index in [0.29, 0.717) is 0 Å². The number of rotatable bonds is 0. The van der Waals surface area contributed by atoms with Crippen LogP contribution in [0.3, 0.4) is 0 Å². The Balaban J connectivity index is 1.43. The largest absolute Gasteiger partial charge is 0.0457 e. The first kappa shape index (κ1) is 14.9. The lowest BCUT2D eigenvalue weighted by Gasteiger charge is -2.37. The van der Waals surface area contributed by atoms with Crippen molar-refractivity contribution in [2.24, 2.45) is 47.3 Å². The smallest absolute Gasteiger partial charge is 0.0150 e. The molecule has 28 heavy (non-hydrogen) atoms. The van der Waals surface area contributed by atoms with Crippen molar-refractivity contribution in [2.45, 2.75) is 77.0 Å². The number of hydrogen-bond donors (Lipinski definition) is 0. The summed E-state index contributed by atoms with van der Waals surface area (Å²) in [4.78, 5) is 0. The lowest BCUT2D eigenvalue weighted by Crippen LogP contribution is -2.22. The number of fused-ring (bicyclic) bond motifs is 20. The zero-order valence-corrected chi connectivity index (χ0v) is 17.1. The van der Waals surface area contributed by atoms with Crippen LogP contribution in [-0.4, -0.2) is 0 Å². The van der Waals surface area contributed by atoms with E-state index >= 15 is 0 Å². The fraction of sp³-hybridized carbons (Fsp3) is 0.714. The van der Waals surface area contributed by atoms with E-state index in [4.69, 9.17) is 0 Å². The predicted octanol–water partition coefficient (Wildman–Crippen LogP) is 6.91. The van der Waals surface area contributed by atoms with Gasteiger partial charge in [0.25, 0.3) is 0 Å². The predicted molar refractivity (Wildman–Crippen MR) is 111 cm³/mol. The summed E-state index contributed by atoms with van der Waals surface area (Å²) in [5, 5.41) is 0. The summed E-state index contributed by atoms with van der Waals surface area (Å²) < 4.78 is 0. The molecule has 8 atom stereocenters. The Morgan fingerprint density at radius 3 is 0.536 bits per heavy atom. The molecule has 8 bridgehead atoms. The fourth-order valence-electron chi connectivity index (χ4n) is 10.7. The normalized spacial score (nSPS) is 51.4. The van der Waals surface area contributed by atoms with Crippen LogP contribution in [-0.2, 0) is 0 Å². The molecule has 0 aromatic rings. The molecule has 144 valence electrons. The standard InChI is InChI=1S/C28H32/c1-2-14-9-13(1)21-22(14)24-16-5-6-18(11-16)26(24)28-20-8-7-19(12-20)27(28)25-17-4-3-15(10-17)23(21)25/h13-20H,1-12H2. The van der Waals surface area contributed by atoms with Gasteiger partial charge in [-0.1, -0.05) is 0 Å². The first-order chi connectivity index (χ1) is 13.9. The molecule has 9 aliphatic carbocycles. The zero-order chi connectivity index (χ0) is 17.7. The summed E-state index contributed by atoms with van der Waals surface area (Å²) in [6.07, 6.45) is 18.3. The van der Waals surface area contributed by atoms with Gasteiger partial charge in [0, 0.05) is 0 Å². The van der Waals surface area contributed by atoms with Crippen molar-refractivity contribution in [2.75, 3.05) is 0 Å². The van der Waals surface area contributed by atoms with Crippen LogP contribution in [0.5, 0.6) is 0 Å². The van der Waals surface area contributed by atoms with Gasteiger partial charge in [-0.15, -0.1) is 0 Å². The molecule has 4 saturated carbocycles. The van der Waals surface area contributed by atoms with Crippen molar-refractivity contribution >= 4 is 0 Å². The van der Waals surface area contributed by atoms with Crippen LogP contribution in [0.25, 0.3) is 0 Å². The van der Waals surface area contributed by atoms with Crippen molar-refractivity contribution in [3.63, 3.8) is 0 Å². The molecule has 0 nitrogen and oxygen atoms in total. The van der Waals surface area contributed by atoms with E-state index < -0.39 is 0 Å². The van der Waals surface area contributed by atoms with E-state index in [9.17, 15) is 0 Å². The van der Waals surface area contributed by atoms with E-state index in [2.05, 4.69) is 0 Å². The average Bonchev–Trinajstić information content (AvgIpc) is 3.54. The van der Waals surface area contributed by atoms with Gasteiger partial charge in [0.2, 0.25) is 0 Å². The average molecular weight is 369 g/mol. The first-order valence-corrected chi connectivity index (χ1v) is 12.8. The molecule has 0 N–H and O–H groups in total. The van der Waals surface area contributed by atoms with Crippen LogP contribution in [0.15, 0.2) is 44.6 Å². The minimum absolute atomic E-state index is 0.956. The maximum atomic E-state index is 2.01. The van der Waals surface area contributed by atoms with Crippen molar-refractivity contribution in [1.29, 1.82) is 0 Å². The molecule has 0 heteroatoms. The highest BCUT2D eigenvalue weighted by Gasteiger charge is 2.56. The quantitative estimate of drug-likeness (QED) is 0.436. The zero-order valence-electron chi connectivity index (χ0n) is 17.1. The lowest BCUT2D eigenvalue weighted by atomic mass is 9.68. The topological polar surface area (TPSA) is 0 Å². The van der Waals surface area contributed by atoms with Crippen LogP contribution >= 0.6 is 0 Å². The Labute approximate surface area is 169 Å². The van der Waals surface area contributed by atoms with Crippen molar-refractivity contribution in [1.82, 2.24) is 0 Å². The maximum Gasteiger partial charge on any atom is -0.0150 e. The highest BCUT2D eigenvalue weighted by molar-refractivity contribution is 5.70. The summed E-state index contributed by atoms with van der Waals surface area (Å²) in [7, 11) is 0. The van der Waals surface area contributed by atoms with Gasteiger partial charge in [-0.05, 0) is 169 Å². The minimum atomic E-state index is 0.956. The van der Waals surface area contributed by atoms with Crippen molar-refractivity contribution < 1.29 is 0 Å². The molecule has 0 radical (unpaired) electrons. The third kappa shape index (κ3) is 1.46. The monoisotopic (exact) mass is 368 g/mol. The Morgan fingerprint density at radius 1 is 0.250 bits per heavy atom. The summed E-state index contributed by atoms with van der Waals surface area (Å²) in [6.45, 7) is 0. The minimum Gasteiger partial charge on any atom is -0.0457 e. The van der Waals surface area contributed by atoms with E-state index in [1.807, 2.05) is 44.6 Å². The van der Waals surface area contributed by atoms with Gasteiger partial charge in [0.1, 0.15) is 0 Å². The Bertz CT molecular complexity index is 725. The third-order valence-electron chi connectivity index (χ3n) is 11.3. The second kappa shape index (κ2) is 4.65. The fourth-order valence-corrected chi connectivity index (χ4v) is 10.7. The second-order valence-electron chi connectivity index (χ2n) is 12.1. The Hall–Kier alpha value is -1.04. The molecule has 8 unspecified atom stereocenters. The third-order valence-corrected chi connectivity index (χ3v) is 11.3. The molecule has 0 heterocycles. The van der Waals surface area contributed by atoms with Crippen LogP contribution in [0.1, 0.15) is 77.0 Å². The SMILES string of the molecule is C1CC2CC1C1=C2C2=C(C3=C(C4=C1C1CCC4C1)C1CCC3C1)C1CCC2C1. The van der Waals surface area contributed by atoms with Crippen LogP contribution in [0, 0.1) is 47.3 Å². The van der Waals surface area contributed by atoms with E-state index in [1.54, 1.807) is 0 Å². The first-order valence-electron chi connectivity index (χ1n) is 12.8. The summed E-state index contributed by atoms with van der Waals surface area (Å²) in [5.74, 6) is 7.65. The maximum absolute atomic E-state index is 2.01. The van der Waals surface area contributed by atoms with E-state index in [1.165, 1.54) is 77.0 Å². The lowest BCUT2D eigenvalue weighted by molar-refractivity contribution is 0.565. The molecular weight excluding hydrogens is 336 g/mol. The number of hydrogen-bond acceptors (Lipinski definition) is 0. The molecule has 0 aromatic carbocycles. The van der Waals surface area contributed by atoms with E-state index in [0.717, 1.165) is 47.3 Å². The van der Waals surface area contributed by atoms with Gasteiger partial charge >= 0.3 is 0 Å².